The SMILES string of the molecule is CC(C)(C)C1CCC(OC(=O)c2sc3cccc(Cl)c3c2Cl)CC1. The number of esters is 1. The molecule has 24 heavy (non-hydrogen) atoms. The fourth-order valence-electron chi connectivity index (χ4n) is 3.45. The predicted octanol–water partition coefficient (Wildman–Crippen LogP) is 6.97. The van der Waals surface area contributed by atoms with E-state index in [1.807, 2.05) is 12.1 Å². The fraction of sp³-hybridized carbons (Fsp3) is 0.526. The topological polar surface area (TPSA) is 26.3 Å². The Kier molecular flexibility index (Phi) is 5.15. The lowest BCUT2D eigenvalue weighted by atomic mass is 9.72. The van der Waals surface area contributed by atoms with Crippen LogP contribution in [0, 0.1) is 11.3 Å². The molecule has 0 atom stereocenters. The van der Waals surface area contributed by atoms with Gasteiger partial charge in [0.2, 0.25) is 0 Å². The van der Waals surface area contributed by atoms with E-state index in [2.05, 4.69) is 20.8 Å². The van der Waals surface area contributed by atoms with E-state index in [0.29, 0.717) is 26.3 Å². The quantitative estimate of drug-likeness (QED) is 0.522. The predicted molar refractivity (Wildman–Crippen MR) is 102 cm³/mol. The molecule has 0 unspecified atom stereocenters. The highest BCUT2D eigenvalue weighted by Gasteiger charge is 2.32. The molecule has 1 heterocycles. The molecule has 0 aliphatic heterocycles. The summed E-state index contributed by atoms with van der Waals surface area (Å²) >= 11 is 13.9. The Morgan fingerprint density at radius 1 is 1.17 bits per heavy atom. The van der Waals surface area contributed by atoms with Crippen molar-refractivity contribution in [3.63, 3.8) is 0 Å². The summed E-state index contributed by atoms with van der Waals surface area (Å²) in [4.78, 5) is 13.0. The third kappa shape index (κ3) is 3.58. The second kappa shape index (κ2) is 6.86. The third-order valence-corrected chi connectivity index (χ3v) is 6.90. The van der Waals surface area contributed by atoms with Crippen LogP contribution in [0.1, 0.15) is 56.1 Å². The molecular weight excluding hydrogens is 363 g/mol. The van der Waals surface area contributed by atoms with Gasteiger partial charge in [-0.2, -0.15) is 0 Å². The highest BCUT2D eigenvalue weighted by molar-refractivity contribution is 7.21. The minimum absolute atomic E-state index is 0.00662. The Morgan fingerprint density at radius 2 is 1.83 bits per heavy atom. The number of benzene rings is 1. The lowest BCUT2D eigenvalue weighted by molar-refractivity contribution is 0.00982. The van der Waals surface area contributed by atoms with Crippen molar-refractivity contribution in [2.75, 3.05) is 0 Å². The van der Waals surface area contributed by atoms with Gasteiger partial charge in [0.25, 0.3) is 0 Å². The summed E-state index contributed by atoms with van der Waals surface area (Å²) < 4.78 is 6.65. The average Bonchev–Trinajstić information content (AvgIpc) is 2.85. The first-order valence-electron chi connectivity index (χ1n) is 8.35. The minimum atomic E-state index is -0.323. The molecule has 0 saturated heterocycles. The molecule has 1 aromatic heterocycles. The number of fused-ring (bicyclic) bond motifs is 1. The van der Waals surface area contributed by atoms with Gasteiger partial charge in [0, 0.05) is 10.1 Å². The number of thiophene rings is 1. The first-order valence-corrected chi connectivity index (χ1v) is 9.92. The van der Waals surface area contributed by atoms with Crippen LogP contribution in [-0.4, -0.2) is 12.1 Å². The smallest absolute Gasteiger partial charge is 0.350 e. The van der Waals surface area contributed by atoms with Crippen molar-refractivity contribution in [1.82, 2.24) is 0 Å². The molecular formula is C19H22Cl2O2S. The van der Waals surface area contributed by atoms with Gasteiger partial charge in [-0.25, -0.2) is 4.79 Å². The molecule has 5 heteroatoms. The third-order valence-electron chi connectivity index (χ3n) is 4.96. The number of ether oxygens (including phenoxy) is 1. The lowest BCUT2D eigenvalue weighted by Crippen LogP contribution is -2.30. The van der Waals surface area contributed by atoms with Crippen molar-refractivity contribution in [3.05, 3.63) is 33.1 Å². The van der Waals surface area contributed by atoms with Gasteiger partial charge in [0.15, 0.2) is 0 Å². The van der Waals surface area contributed by atoms with Gasteiger partial charge in [0.1, 0.15) is 11.0 Å². The summed E-state index contributed by atoms with van der Waals surface area (Å²) in [5.41, 5.74) is 0.320. The molecule has 0 spiro atoms. The lowest BCUT2D eigenvalue weighted by Gasteiger charge is -2.36. The molecule has 0 radical (unpaired) electrons. The number of hydrogen-bond acceptors (Lipinski definition) is 3. The zero-order valence-corrected chi connectivity index (χ0v) is 16.5. The molecule has 1 aromatic carbocycles. The highest BCUT2D eigenvalue weighted by atomic mass is 35.5. The monoisotopic (exact) mass is 384 g/mol. The van der Waals surface area contributed by atoms with Crippen LogP contribution >= 0.6 is 34.5 Å². The number of carbonyl (C=O) groups excluding carboxylic acids is 1. The summed E-state index contributed by atoms with van der Waals surface area (Å²) in [6, 6.07) is 5.56. The summed E-state index contributed by atoms with van der Waals surface area (Å²) in [7, 11) is 0. The first kappa shape index (κ1) is 18.0. The Labute approximate surface area is 157 Å². The molecule has 130 valence electrons. The van der Waals surface area contributed by atoms with Crippen molar-refractivity contribution in [2.45, 2.75) is 52.6 Å². The number of hydrogen-bond donors (Lipinski definition) is 0. The Bertz CT molecular complexity index is 753. The summed E-state index contributed by atoms with van der Waals surface area (Å²) in [6.07, 6.45) is 4.06. The van der Waals surface area contributed by atoms with Crippen molar-refractivity contribution >= 4 is 50.6 Å². The van der Waals surface area contributed by atoms with Gasteiger partial charge < -0.3 is 4.74 Å². The molecule has 3 rings (SSSR count). The Morgan fingerprint density at radius 3 is 2.42 bits per heavy atom. The van der Waals surface area contributed by atoms with Gasteiger partial charge in [-0.1, -0.05) is 50.0 Å². The number of rotatable bonds is 2. The first-order chi connectivity index (χ1) is 11.3. The molecule has 0 N–H and O–H groups in total. The van der Waals surface area contributed by atoms with Gasteiger partial charge in [-0.3, -0.25) is 0 Å². The molecule has 2 nitrogen and oxygen atoms in total. The standard InChI is InChI=1S/C19H22Cl2O2S/c1-19(2,3)11-7-9-12(10-8-11)23-18(22)17-16(21)15-13(20)5-4-6-14(15)24-17/h4-6,11-12H,7-10H2,1-3H3. The summed E-state index contributed by atoms with van der Waals surface area (Å²) in [5, 5.41) is 1.72. The average molecular weight is 385 g/mol. The molecule has 1 aliphatic carbocycles. The number of halogens is 2. The van der Waals surface area contributed by atoms with Crippen LogP contribution < -0.4 is 0 Å². The van der Waals surface area contributed by atoms with Crippen molar-refractivity contribution in [1.29, 1.82) is 0 Å². The van der Waals surface area contributed by atoms with Crippen LogP contribution in [0.3, 0.4) is 0 Å². The molecule has 0 bridgehead atoms. The van der Waals surface area contributed by atoms with Crippen molar-refractivity contribution in [2.24, 2.45) is 11.3 Å². The van der Waals surface area contributed by atoms with E-state index < -0.39 is 0 Å². The van der Waals surface area contributed by atoms with Gasteiger partial charge in [-0.15, -0.1) is 11.3 Å². The highest BCUT2D eigenvalue weighted by Crippen LogP contribution is 2.41. The Balaban J connectivity index is 1.71. The van der Waals surface area contributed by atoms with Crippen LogP contribution in [0.5, 0.6) is 0 Å². The van der Waals surface area contributed by atoms with Crippen molar-refractivity contribution in [3.8, 4) is 0 Å². The van der Waals surface area contributed by atoms with Crippen LogP contribution in [0.25, 0.3) is 10.1 Å². The normalized spacial score (nSPS) is 21.9. The minimum Gasteiger partial charge on any atom is -0.458 e. The maximum Gasteiger partial charge on any atom is 0.350 e. The molecule has 1 fully saturated rings. The molecule has 2 aromatic rings. The molecule has 1 aliphatic rings. The molecule has 0 amide bonds. The number of carbonyl (C=O) groups is 1. The van der Waals surface area contributed by atoms with E-state index in [-0.39, 0.29) is 12.1 Å². The molecule has 1 saturated carbocycles. The van der Waals surface area contributed by atoms with Crippen LogP contribution in [0.2, 0.25) is 10.0 Å². The summed E-state index contributed by atoms with van der Waals surface area (Å²) in [6.45, 7) is 6.85. The van der Waals surface area contributed by atoms with E-state index in [0.717, 1.165) is 35.8 Å². The van der Waals surface area contributed by atoms with Crippen LogP contribution in [0.4, 0.5) is 0 Å². The maximum atomic E-state index is 12.6. The Hall–Kier alpha value is -0.770. The van der Waals surface area contributed by atoms with Gasteiger partial charge >= 0.3 is 5.97 Å². The fourth-order valence-corrected chi connectivity index (χ4v) is 5.28. The van der Waals surface area contributed by atoms with Gasteiger partial charge in [0.05, 0.1) is 10.0 Å². The van der Waals surface area contributed by atoms with E-state index in [1.54, 1.807) is 6.07 Å². The second-order valence-electron chi connectivity index (χ2n) is 7.60. The second-order valence-corrected chi connectivity index (χ2v) is 9.44. The van der Waals surface area contributed by atoms with Crippen LogP contribution in [0.15, 0.2) is 18.2 Å². The van der Waals surface area contributed by atoms with Crippen molar-refractivity contribution < 1.29 is 9.53 Å². The summed E-state index contributed by atoms with van der Waals surface area (Å²) in [5.74, 6) is 0.371. The van der Waals surface area contributed by atoms with E-state index in [1.165, 1.54) is 11.3 Å². The van der Waals surface area contributed by atoms with E-state index >= 15 is 0 Å². The zero-order valence-electron chi connectivity index (χ0n) is 14.2. The van der Waals surface area contributed by atoms with E-state index in [4.69, 9.17) is 27.9 Å². The van der Waals surface area contributed by atoms with Crippen LogP contribution in [-0.2, 0) is 4.74 Å². The van der Waals surface area contributed by atoms with E-state index in [9.17, 15) is 4.79 Å². The zero-order chi connectivity index (χ0) is 17.5. The largest absolute Gasteiger partial charge is 0.458 e. The maximum absolute atomic E-state index is 12.6. The van der Waals surface area contributed by atoms with Gasteiger partial charge in [-0.05, 0) is 49.1 Å².